The Morgan fingerprint density at radius 1 is 1.59 bits per heavy atom. The van der Waals surface area contributed by atoms with Crippen LogP contribution in [-0.4, -0.2) is 26.0 Å². The van der Waals surface area contributed by atoms with Crippen LogP contribution in [0.25, 0.3) is 11.0 Å². The minimum absolute atomic E-state index is 0.154. The predicted molar refractivity (Wildman–Crippen MR) is 52.8 cm³/mol. The lowest BCUT2D eigenvalue weighted by Crippen LogP contribution is -1.94. The van der Waals surface area contributed by atoms with Crippen LogP contribution in [0.4, 0.5) is 14.5 Å². The van der Waals surface area contributed by atoms with E-state index in [0.29, 0.717) is 5.39 Å². The van der Waals surface area contributed by atoms with Crippen LogP contribution in [0, 0.1) is 10.1 Å². The van der Waals surface area contributed by atoms with Crippen molar-refractivity contribution in [3.63, 3.8) is 0 Å². The molecule has 1 saturated carbocycles. The summed E-state index contributed by atoms with van der Waals surface area (Å²) in [4.78, 5) is 13.7. The first-order valence-corrected chi connectivity index (χ1v) is 4.85. The molecule has 88 valence electrons. The number of pyridine rings is 1. The quantitative estimate of drug-likeness (QED) is 0.642. The Morgan fingerprint density at radius 2 is 2.29 bits per heavy atom. The second-order valence-corrected chi connectivity index (χ2v) is 3.97. The van der Waals surface area contributed by atoms with Crippen LogP contribution in [0.3, 0.4) is 0 Å². The van der Waals surface area contributed by atoms with Gasteiger partial charge in [0.1, 0.15) is 6.20 Å². The Bertz CT molecular complexity index is 624. The van der Waals surface area contributed by atoms with Crippen molar-refractivity contribution >= 4 is 16.7 Å². The van der Waals surface area contributed by atoms with Gasteiger partial charge in [0.25, 0.3) is 11.6 Å². The van der Waals surface area contributed by atoms with Crippen molar-refractivity contribution < 1.29 is 13.7 Å². The number of alkyl halides is 2. The van der Waals surface area contributed by atoms with E-state index in [1.54, 1.807) is 0 Å². The number of hydrogen-bond donors (Lipinski definition) is 1. The van der Waals surface area contributed by atoms with Gasteiger partial charge < -0.3 is 0 Å². The highest BCUT2D eigenvalue weighted by molar-refractivity contribution is 5.81. The number of aromatic nitrogens is 3. The van der Waals surface area contributed by atoms with E-state index in [4.69, 9.17) is 0 Å². The molecule has 0 amide bonds. The van der Waals surface area contributed by atoms with Gasteiger partial charge in [0.2, 0.25) is 0 Å². The molecule has 1 aliphatic carbocycles. The molecule has 1 N–H and O–H groups in total. The summed E-state index contributed by atoms with van der Waals surface area (Å²) in [5, 5.41) is 17.1. The lowest BCUT2D eigenvalue weighted by atomic mass is 10.2. The van der Waals surface area contributed by atoms with Gasteiger partial charge in [0.15, 0.2) is 5.65 Å². The Morgan fingerprint density at radius 3 is 2.88 bits per heavy atom. The summed E-state index contributed by atoms with van der Waals surface area (Å²) in [7, 11) is 0. The normalized spacial score (nSPS) is 21.6. The van der Waals surface area contributed by atoms with Crippen LogP contribution >= 0.6 is 0 Å². The molecule has 1 atom stereocenters. The summed E-state index contributed by atoms with van der Waals surface area (Å²) in [5.74, 6) is -3.72. The van der Waals surface area contributed by atoms with Gasteiger partial charge in [-0.2, -0.15) is 5.10 Å². The standard InChI is InChI=1S/C9H6F2N4O2/c10-9(11)2-6(9)7-5-1-4(15(16)17)3-12-8(5)14-13-7/h1,3,6H,2H2,(H,12,13,14). The Kier molecular flexibility index (Phi) is 1.75. The van der Waals surface area contributed by atoms with E-state index in [0.717, 1.165) is 6.20 Å². The van der Waals surface area contributed by atoms with Crippen molar-refractivity contribution in [1.82, 2.24) is 15.2 Å². The first-order valence-electron chi connectivity index (χ1n) is 4.85. The number of fused-ring (bicyclic) bond motifs is 1. The lowest BCUT2D eigenvalue weighted by Gasteiger charge is -1.95. The number of rotatable bonds is 2. The summed E-state index contributed by atoms with van der Waals surface area (Å²) in [5.41, 5.74) is 0.207. The zero-order chi connectivity index (χ0) is 12.2. The van der Waals surface area contributed by atoms with Gasteiger partial charge >= 0.3 is 0 Å². The SMILES string of the molecule is O=[N+]([O-])c1cnc2[nH]nc(C3CC3(F)F)c2c1. The maximum Gasteiger partial charge on any atom is 0.288 e. The molecule has 0 radical (unpaired) electrons. The van der Waals surface area contributed by atoms with Crippen LogP contribution in [-0.2, 0) is 0 Å². The molecule has 1 aliphatic rings. The van der Waals surface area contributed by atoms with Crippen molar-refractivity contribution in [3.8, 4) is 0 Å². The highest BCUT2D eigenvalue weighted by atomic mass is 19.3. The molecule has 0 spiro atoms. The number of aromatic amines is 1. The van der Waals surface area contributed by atoms with Crippen LogP contribution in [0.15, 0.2) is 12.3 Å². The van der Waals surface area contributed by atoms with Crippen LogP contribution < -0.4 is 0 Å². The summed E-state index contributed by atoms with van der Waals surface area (Å²) in [6.07, 6.45) is 0.797. The molecule has 6 nitrogen and oxygen atoms in total. The first kappa shape index (κ1) is 10.1. The van der Waals surface area contributed by atoms with Crippen molar-refractivity contribution in [3.05, 3.63) is 28.1 Å². The number of H-pyrrole nitrogens is 1. The molecule has 0 saturated heterocycles. The van der Waals surface area contributed by atoms with E-state index in [-0.39, 0.29) is 23.4 Å². The van der Waals surface area contributed by atoms with Crippen LogP contribution in [0.5, 0.6) is 0 Å². The molecule has 8 heteroatoms. The second kappa shape index (κ2) is 2.96. The summed E-state index contributed by atoms with van der Waals surface area (Å²) >= 11 is 0. The third-order valence-corrected chi connectivity index (χ3v) is 2.80. The van der Waals surface area contributed by atoms with Gasteiger partial charge in [0, 0.05) is 17.9 Å². The van der Waals surface area contributed by atoms with Crippen LogP contribution in [0.1, 0.15) is 18.0 Å². The zero-order valence-corrected chi connectivity index (χ0v) is 8.35. The van der Waals surface area contributed by atoms with E-state index >= 15 is 0 Å². The number of halogens is 2. The minimum atomic E-state index is -2.76. The maximum atomic E-state index is 12.9. The predicted octanol–water partition coefficient (Wildman–Crippen LogP) is 1.99. The molecule has 1 fully saturated rings. The average molecular weight is 240 g/mol. The van der Waals surface area contributed by atoms with E-state index in [1.165, 1.54) is 6.07 Å². The van der Waals surface area contributed by atoms with Crippen LogP contribution in [0.2, 0.25) is 0 Å². The molecule has 0 aromatic carbocycles. The van der Waals surface area contributed by atoms with Gasteiger partial charge in [0.05, 0.1) is 16.5 Å². The number of nitrogens with zero attached hydrogens (tertiary/aromatic N) is 3. The molecule has 1 unspecified atom stereocenters. The van der Waals surface area contributed by atoms with Gasteiger partial charge in [-0.1, -0.05) is 0 Å². The molecule has 3 rings (SSSR count). The monoisotopic (exact) mass is 240 g/mol. The fourth-order valence-corrected chi connectivity index (χ4v) is 1.79. The molecule has 0 bridgehead atoms. The molecule has 17 heavy (non-hydrogen) atoms. The molecule has 2 heterocycles. The maximum absolute atomic E-state index is 12.9. The van der Waals surface area contributed by atoms with E-state index in [9.17, 15) is 18.9 Å². The minimum Gasteiger partial charge on any atom is -0.261 e. The summed E-state index contributed by atoms with van der Waals surface area (Å²) in [6, 6.07) is 1.22. The second-order valence-electron chi connectivity index (χ2n) is 3.97. The third kappa shape index (κ3) is 1.44. The van der Waals surface area contributed by atoms with Gasteiger partial charge in [-0.3, -0.25) is 15.2 Å². The van der Waals surface area contributed by atoms with Crippen molar-refractivity contribution in [2.75, 3.05) is 0 Å². The smallest absolute Gasteiger partial charge is 0.261 e. The summed E-state index contributed by atoms with van der Waals surface area (Å²) < 4.78 is 25.9. The number of nitro groups is 1. The topological polar surface area (TPSA) is 84.7 Å². The third-order valence-electron chi connectivity index (χ3n) is 2.80. The van der Waals surface area contributed by atoms with Crippen molar-refractivity contribution in [1.29, 1.82) is 0 Å². The molecular formula is C9H6F2N4O2. The Hall–Kier alpha value is -2.12. The fraction of sp³-hybridized carbons (Fsp3) is 0.333. The van der Waals surface area contributed by atoms with Gasteiger partial charge in [-0.25, -0.2) is 13.8 Å². The van der Waals surface area contributed by atoms with Gasteiger partial charge in [-0.05, 0) is 0 Å². The number of hydrogen-bond acceptors (Lipinski definition) is 4. The zero-order valence-electron chi connectivity index (χ0n) is 8.35. The number of nitrogens with one attached hydrogen (secondary N) is 1. The highest BCUT2D eigenvalue weighted by Crippen LogP contribution is 2.56. The largest absolute Gasteiger partial charge is 0.288 e. The van der Waals surface area contributed by atoms with Gasteiger partial charge in [-0.15, -0.1) is 0 Å². The first-order chi connectivity index (χ1) is 7.99. The molecule has 0 aliphatic heterocycles. The fourth-order valence-electron chi connectivity index (χ4n) is 1.79. The Balaban J connectivity index is 2.14. The van der Waals surface area contributed by atoms with E-state index in [2.05, 4.69) is 15.2 Å². The Labute approximate surface area is 92.8 Å². The van der Waals surface area contributed by atoms with E-state index < -0.39 is 16.8 Å². The molecule has 2 aromatic rings. The summed E-state index contributed by atoms with van der Waals surface area (Å²) in [6.45, 7) is 0. The molecular weight excluding hydrogens is 234 g/mol. The molecule has 2 aromatic heterocycles. The van der Waals surface area contributed by atoms with Crippen molar-refractivity contribution in [2.24, 2.45) is 0 Å². The van der Waals surface area contributed by atoms with E-state index in [1.807, 2.05) is 0 Å². The highest BCUT2D eigenvalue weighted by Gasteiger charge is 2.59. The average Bonchev–Trinajstić information content (AvgIpc) is 2.74. The van der Waals surface area contributed by atoms with Crippen molar-refractivity contribution in [2.45, 2.75) is 18.3 Å². The lowest BCUT2D eigenvalue weighted by molar-refractivity contribution is -0.385.